The first-order valence-electron chi connectivity index (χ1n) is 5.85. The third kappa shape index (κ3) is 2.48. The van der Waals surface area contributed by atoms with E-state index in [9.17, 15) is 0 Å². The van der Waals surface area contributed by atoms with Gasteiger partial charge < -0.3 is 10.1 Å². The Morgan fingerprint density at radius 1 is 1.36 bits per heavy atom. The minimum Gasteiger partial charge on any atom is -0.380 e. The van der Waals surface area contributed by atoms with Crippen molar-refractivity contribution in [1.29, 1.82) is 0 Å². The van der Waals surface area contributed by atoms with Gasteiger partial charge in [0, 0.05) is 12.1 Å². The van der Waals surface area contributed by atoms with Crippen molar-refractivity contribution >= 4 is 0 Å². The average Bonchev–Trinajstić information content (AvgIpc) is 2.53. The normalized spacial score (nSPS) is 28.3. The smallest absolute Gasteiger partial charge is 0.0653 e. The van der Waals surface area contributed by atoms with Crippen LogP contribution in [0.4, 0.5) is 0 Å². The van der Waals surface area contributed by atoms with Crippen LogP contribution in [0.5, 0.6) is 0 Å². The lowest BCUT2D eigenvalue weighted by molar-refractivity contribution is 0.0218. The molecule has 0 aromatic carbocycles. The van der Waals surface area contributed by atoms with Crippen molar-refractivity contribution in [3.8, 4) is 0 Å². The summed E-state index contributed by atoms with van der Waals surface area (Å²) in [4.78, 5) is 0. The van der Waals surface area contributed by atoms with Gasteiger partial charge in [0.05, 0.1) is 6.61 Å². The average molecular weight is 199 g/mol. The molecule has 0 bridgehead atoms. The number of ether oxygens (including phenoxy) is 1. The predicted molar refractivity (Wildman–Crippen MR) is 60.5 cm³/mol. The van der Waals surface area contributed by atoms with E-state index in [0.717, 1.165) is 26.2 Å². The molecule has 14 heavy (non-hydrogen) atoms. The highest BCUT2D eigenvalue weighted by Crippen LogP contribution is 2.37. The quantitative estimate of drug-likeness (QED) is 0.703. The lowest BCUT2D eigenvalue weighted by Crippen LogP contribution is -2.54. The van der Waals surface area contributed by atoms with Crippen molar-refractivity contribution in [2.45, 2.75) is 52.5 Å². The first-order valence-corrected chi connectivity index (χ1v) is 5.85. The lowest BCUT2D eigenvalue weighted by Gasteiger charge is -2.42. The third-order valence-electron chi connectivity index (χ3n) is 3.38. The van der Waals surface area contributed by atoms with Crippen molar-refractivity contribution in [1.82, 2.24) is 5.32 Å². The molecular formula is C12H25NO. The summed E-state index contributed by atoms with van der Waals surface area (Å²) in [5.41, 5.74) is 0.499. The first kappa shape index (κ1) is 12.0. The van der Waals surface area contributed by atoms with Crippen LogP contribution in [0.1, 0.15) is 47.0 Å². The molecule has 0 amide bonds. The Hall–Kier alpha value is -0.0800. The Labute approximate surface area is 88.4 Å². The van der Waals surface area contributed by atoms with Crippen molar-refractivity contribution in [3.63, 3.8) is 0 Å². The molecular weight excluding hydrogens is 174 g/mol. The van der Waals surface area contributed by atoms with Crippen LogP contribution in [0.3, 0.4) is 0 Å². The molecule has 0 spiro atoms. The van der Waals surface area contributed by atoms with Gasteiger partial charge in [-0.2, -0.15) is 0 Å². The van der Waals surface area contributed by atoms with Gasteiger partial charge >= 0.3 is 0 Å². The maximum absolute atomic E-state index is 5.73. The second-order valence-corrected chi connectivity index (χ2v) is 5.42. The van der Waals surface area contributed by atoms with Crippen molar-refractivity contribution < 1.29 is 4.74 Å². The highest BCUT2D eigenvalue weighted by atomic mass is 16.5. The second kappa shape index (κ2) is 4.63. The van der Waals surface area contributed by atoms with Crippen LogP contribution in [-0.4, -0.2) is 25.3 Å². The van der Waals surface area contributed by atoms with Crippen LogP contribution < -0.4 is 5.32 Å². The van der Waals surface area contributed by atoms with E-state index in [1.54, 1.807) is 0 Å². The molecule has 84 valence electrons. The minimum absolute atomic E-state index is 0.210. The summed E-state index contributed by atoms with van der Waals surface area (Å²) in [6.45, 7) is 12.0. The molecule has 0 aromatic heterocycles. The van der Waals surface area contributed by atoms with E-state index in [0.29, 0.717) is 0 Å². The molecule has 1 heterocycles. The molecule has 0 radical (unpaired) electrons. The van der Waals surface area contributed by atoms with Gasteiger partial charge in [-0.3, -0.25) is 0 Å². The van der Waals surface area contributed by atoms with Crippen LogP contribution >= 0.6 is 0 Å². The molecule has 1 saturated heterocycles. The van der Waals surface area contributed by atoms with Gasteiger partial charge in [0.25, 0.3) is 0 Å². The maximum Gasteiger partial charge on any atom is 0.0653 e. The molecule has 1 fully saturated rings. The highest BCUT2D eigenvalue weighted by molar-refractivity contribution is 5.01. The van der Waals surface area contributed by atoms with E-state index in [2.05, 4.69) is 33.0 Å². The molecule has 0 saturated carbocycles. The Morgan fingerprint density at radius 2 is 2.07 bits per heavy atom. The summed E-state index contributed by atoms with van der Waals surface area (Å²) in [5, 5.41) is 3.64. The zero-order valence-electron chi connectivity index (χ0n) is 10.2. The van der Waals surface area contributed by atoms with E-state index >= 15 is 0 Å². The monoisotopic (exact) mass is 199 g/mol. The number of nitrogens with one attached hydrogen (secondary N) is 1. The van der Waals surface area contributed by atoms with Crippen LogP contribution in [0.25, 0.3) is 0 Å². The van der Waals surface area contributed by atoms with Crippen molar-refractivity contribution in [2.24, 2.45) is 5.41 Å². The largest absolute Gasteiger partial charge is 0.380 e. The Balaban J connectivity index is 2.54. The Morgan fingerprint density at radius 3 is 2.50 bits per heavy atom. The molecule has 1 rings (SSSR count). The topological polar surface area (TPSA) is 21.3 Å². The summed E-state index contributed by atoms with van der Waals surface area (Å²) in [7, 11) is 0. The number of rotatable bonds is 4. The van der Waals surface area contributed by atoms with Gasteiger partial charge in [0.2, 0.25) is 0 Å². The Kier molecular flexibility index (Phi) is 3.96. The molecule has 0 aromatic rings. The summed E-state index contributed by atoms with van der Waals surface area (Å²) < 4.78 is 5.73. The molecule has 1 aliphatic rings. The summed E-state index contributed by atoms with van der Waals surface area (Å²) in [5.74, 6) is 0. The zero-order valence-corrected chi connectivity index (χ0v) is 10.2. The van der Waals surface area contributed by atoms with E-state index in [1.807, 2.05) is 0 Å². The summed E-state index contributed by atoms with van der Waals surface area (Å²) in [6.07, 6.45) is 3.65. The summed E-state index contributed by atoms with van der Waals surface area (Å²) >= 11 is 0. The number of hydrogen-bond donors (Lipinski definition) is 1. The molecule has 2 nitrogen and oxygen atoms in total. The van der Waals surface area contributed by atoms with E-state index in [-0.39, 0.29) is 11.0 Å². The third-order valence-corrected chi connectivity index (χ3v) is 3.38. The first-order chi connectivity index (χ1) is 6.52. The van der Waals surface area contributed by atoms with E-state index in [1.165, 1.54) is 12.8 Å². The van der Waals surface area contributed by atoms with Gasteiger partial charge in [0.15, 0.2) is 0 Å². The van der Waals surface area contributed by atoms with Gasteiger partial charge in [-0.05, 0) is 31.2 Å². The van der Waals surface area contributed by atoms with E-state index < -0.39 is 0 Å². The van der Waals surface area contributed by atoms with Crippen molar-refractivity contribution in [3.05, 3.63) is 0 Å². The minimum atomic E-state index is 0.210. The SMILES string of the molecule is CCCOCC1(C(C)(C)C)CCCN1. The maximum atomic E-state index is 5.73. The van der Waals surface area contributed by atoms with Gasteiger partial charge in [-0.1, -0.05) is 27.7 Å². The van der Waals surface area contributed by atoms with Gasteiger partial charge in [0.1, 0.15) is 0 Å². The fourth-order valence-electron chi connectivity index (χ4n) is 2.18. The fourth-order valence-corrected chi connectivity index (χ4v) is 2.18. The van der Waals surface area contributed by atoms with Crippen molar-refractivity contribution in [2.75, 3.05) is 19.8 Å². The molecule has 0 aliphatic carbocycles. The lowest BCUT2D eigenvalue weighted by atomic mass is 9.73. The standard InChI is InChI=1S/C12H25NO/c1-5-9-14-10-12(11(2,3)4)7-6-8-13-12/h13H,5-10H2,1-4H3. The predicted octanol–water partition coefficient (Wildman–Crippen LogP) is 2.58. The second-order valence-electron chi connectivity index (χ2n) is 5.42. The van der Waals surface area contributed by atoms with E-state index in [4.69, 9.17) is 4.74 Å². The van der Waals surface area contributed by atoms with Gasteiger partial charge in [-0.25, -0.2) is 0 Å². The van der Waals surface area contributed by atoms with Crippen LogP contribution in [0.15, 0.2) is 0 Å². The molecule has 1 aliphatic heterocycles. The molecule has 1 atom stereocenters. The fraction of sp³-hybridized carbons (Fsp3) is 1.00. The molecule has 1 unspecified atom stereocenters. The molecule has 1 N–H and O–H groups in total. The number of hydrogen-bond acceptors (Lipinski definition) is 2. The van der Waals surface area contributed by atoms with Gasteiger partial charge in [-0.15, -0.1) is 0 Å². The highest BCUT2D eigenvalue weighted by Gasteiger charge is 2.43. The molecule has 2 heteroatoms. The van der Waals surface area contributed by atoms with Crippen LogP contribution in [0, 0.1) is 5.41 Å². The van der Waals surface area contributed by atoms with Crippen LogP contribution in [-0.2, 0) is 4.74 Å². The van der Waals surface area contributed by atoms with Crippen LogP contribution in [0.2, 0.25) is 0 Å². The zero-order chi connectivity index (χ0) is 10.7. The summed E-state index contributed by atoms with van der Waals surface area (Å²) in [6, 6.07) is 0. The Bertz CT molecular complexity index is 166.